The van der Waals surface area contributed by atoms with E-state index in [4.69, 9.17) is 43.1 Å². The smallest absolute Gasteiger partial charge is 0.328 e. The number of carbonyl (C=O) groups excluding carboxylic acids is 3. The Morgan fingerprint density at radius 3 is 2.44 bits per heavy atom. The number of nitrogens with two attached hydrogens (primary N) is 1. The van der Waals surface area contributed by atoms with Gasteiger partial charge in [-0.05, 0) is 38.1 Å². The van der Waals surface area contributed by atoms with Crippen LogP contribution in [0.3, 0.4) is 0 Å². The summed E-state index contributed by atoms with van der Waals surface area (Å²) in [4.78, 5) is 37.9. The summed E-state index contributed by atoms with van der Waals surface area (Å²) < 4.78 is 16.0. The van der Waals surface area contributed by atoms with Crippen molar-refractivity contribution in [3.63, 3.8) is 0 Å². The van der Waals surface area contributed by atoms with Crippen LogP contribution in [0.1, 0.15) is 35.2 Å². The van der Waals surface area contributed by atoms with Gasteiger partial charge in [0.05, 0.1) is 30.7 Å². The van der Waals surface area contributed by atoms with E-state index in [2.05, 4.69) is 10.6 Å². The summed E-state index contributed by atoms with van der Waals surface area (Å²) in [6.45, 7) is 1.17. The van der Waals surface area contributed by atoms with Crippen LogP contribution in [0.5, 0.6) is 11.5 Å². The summed E-state index contributed by atoms with van der Waals surface area (Å²) in [6.07, 6.45) is 1.66. The van der Waals surface area contributed by atoms with E-state index in [0.29, 0.717) is 6.61 Å². The Labute approximate surface area is 220 Å². The van der Waals surface area contributed by atoms with Crippen LogP contribution in [0.4, 0.5) is 0 Å². The molecule has 2 aromatic carbocycles. The molecule has 0 radical (unpaired) electrons. The molecule has 0 bridgehead atoms. The van der Waals surface area contributed by atoms with Crippen LogP contribution in [0, 0.1) is 0 Å². The fourth-order valence-corrected chi connectivity index (χ4v) is 3.87. The molecule has 11 heteroatoms. The number of hydrogen-bond acceptors (Lipinski definition) is 8. The molecule has 0 spiro atoms. The second kappa shape index (κ2) is 15.3. The highest BCUT2D eigenvalue weighted by atomic mass is 35.5. The number of unbranched alkanes of at least 4 members (excludes halogenated alkanes) is 1. The van der Waals surface area contributed by atoms with Crippen molar-refractivity contribution >= 4 is 41.0 Å². The lowest BCUT2D eigenvalue weighted by molar-refractivity contribution is -0.143. The molecule has 0 aliphatic rings. The zero-order valence-corrected chi connectivity index (χ0v) is 21.8. The highest BCUT2D eigenvalue weighted by Crippen LogP contribution is 2.43. The van der Waals surface area contributed by atoms with E-state index in [1.54, 1.807) is 0 Å². The molecule has 2 aromatic rings. The number of carbonyl (C=O) groups is 3. The van der Waals surface area contributed by atoms with Crippen LogP contribution in [-0.2, 0) is 20.7 Å². The Morgan fingerprint density at radius 1 is 1.08 bits per heavy atom. The number of nitrogens with one attached hydrogen (secondary N) is 2. The van der Waals surface area contributed by atoms with Gasteiger partial charge in [0, 0.05) is 13.0 Å². The lowest BCUT2D eigenvalue weighted by atomic mass is 10.1. The molecule has 36 heavy (non-hydrogen) atoms. The third kappa shape index (κ3) is 8.67. The van der Waals surface area contributed by atoms with E-state index in [-0.39, 0.29) is 46.5 Å². The van der Waals surface area contributed by atoms with Crippen LogP contribution in [0.25, 0.3) is 0 Å². The summed E-state index contributed by atoms with van der Waals surface area (Å²) in [5.74, 6) is -2.22. The Kier molecular flexibility index (Phi) is 12.5. The number of esters is 2. The summed E-state index contributed by atoms with van der Waals surface area (Å²) in [7, 11) is 3.08. The quantitative estimate of drug-likeness (QED) is 0.189. The van der Waals surface area contributed by atoms with E-state index >= 15 is 0 Å². The first-order chi connectivity index (χ1) is 17.3. The van der Waals surface area contributed by atoms with Crippen molar-refractivity contribution in [1.29, 1.82) is 0 Å². The third-order valence-corrected chi connectivity index (χ3v) is 5.71. The second-order valence-electron chi connectivity index (χ2n) is 7.79. The van der Waals surface area contributed by atoms with Gasteiger partial charge in [-0.2, -0.15) is 0 Å². The number of halogens is 2. The second-order valence-corrected chi connectivity index (χ2v) is 8.57. The fraction of sp³-hybridized carbons (Fsp3) is 0.400. The Morgan fingerprint density at radius 2 is 1.81 bits per heavy atom. The van der Waals surface area contributed by atoms with Gasteiger partial charge in [0.2, 0.25) is 0 Å². The van der Waals surface area contributed by atoms with Crippen molar-refractivity contribution in [2.45, 2.75) is 31.7 Å². The van der Waals surface area contributed by atoms with Gasteiger partial charge in [-0.1, -0.05) is 53.5 Å². The summed E-state index contributed by atoms with van der Waals surface area (Å²) in [5.41, 5.74) is 6.12. The van der Waals surface area contributed by atoms with Gasteiger partial charge in [-0.3, -0.25) is 9.59 Å². The highest BCUT2D eigenvalue weighted by molar-refractivity contribution is 6.39. The number of ether oxygens (including phenoxy) is 3. The first kappa shape index (κ1) is 29.4. The van der Waals surface area contributed by atoms with Crippen molar-refractivity contribution in [3.05, 3.63) is 57.6 Å². The predicted molar refractivity (Wildman–Crippen MR) is 138 cm³/mol. The molecule has 0 aliphatic heterocycles. The zero-order chi connectivity index (χ0) is 26.5. The summed E-state index contributed by atoms with van der Waals surface area (Å²) in [5, 5.41) is 5.58. The molecule has 0 unspecified atom stereocenters. The maximum atomic E-state index is 13.3. The molecular formula is C25H31Cl2N3O6. The van der Waals surface area contributed by atoms with Gasteiger partial charge in [0.1, 0.15) is 11.1 Å². The number of hydrogen-bond donors (Lipinski definition) is 3. The number of rotatable bonds is 14. The summed E-state index contributed by atoms with van der Waals surface area (Å²) in [6, 6.07) is 9.38. The molecule has 196 valence electrons. The molecule has 1 amide bonds. The van der Waals surface area contributed by atoms with Gasteiger partial charge >= 0.3 is 11.9 Å². The molecule has 0 aliphatic carbocycles. The Hall–Kier alpha value is -2.85. The van der Waals surface area contributed by atoms with Crippen LogP contribution in [0.2, 0.25) is 10.0 Å². The first-order valence-corrected chi connectivity index (χ1v) is 12.2. The van der Waals surface area contributed by atoms with Gasteiger partial charge in [0.25, 0.3) is 5.91 Å². The highest BCUT2D eigenvalue weighted by Gasteiger charge is 2.28. The van der Waals surface area contributed by atoms with Gasteiger partial charge in [-0.25, -0.2) is 4.79 Å². The molecule has 0 aromatic heterocycles. The van der Waals surface area contributed by atoms with Crippen molar-refractivity contribution in [3.8, 4) is 11.5 Å². The monoisotopic (exact) mass is 539 g/mol. The van der Waals surface area contributed by atoms with Gasteiger partial charge in [0.15, 0.2) is 11.5 Å². The van der Waals surface area contributed by atoms with Gasteiger partial charge < -0.3 is 30.6 Å². The SMILES string of the molecule is CNCCCCOc1c(Cl)cc(C(=O)N[C@@H](Cc2ccccc2)C(=O)OC)c(OC(=O)CCN)c1Cl. The van der Waals surface area contributed by atoms with Gasteiger partial charge in [-0.15, -0.1) is 0 Å². The third-order valence-electron chi connectivity index (χ3n) is 5.08. The topological polar surface area (TPSA) is 129 Å². The minimum absolute atomic E-state index is 0.0435. The average Bonchev–Trinajstić information content (AvgIpc) is 2.87. The molecule has 0 saturated carbocycles. The molecule has 9 nitrogen and oxygen atoms in total. The van der Waals surface area contributed by atoms with Crippen molar-refractivity contribution in [2.75, 3.05) is 33.9 Å². The Balaban J connectivity index is 2.36. The lowest BCUT2D eigenvalue weighted by Gasteiger charge is -2.20. The van der Waals surface area contributed by atoms with Crippen LogP contribution in [-0.4, -0.2) is 57.7 Å². The predicted octanol–water partition coefficient (Wildman–Crippen LogP) is 3.14. The molecule has 0 fully saturated rings. The molecule has 1 atom stereocenters. The van der Waals surface area contributed by atoms with Crippen LogP contribution >= 0.6 is 23.2 Å². The first-order valence-electron chi connectivity index (χ1n) is 11.4. The van der Waals surface area contributed by atoms with Crippen LogP contribution < -0.4 is 25.8 Å². The largest absolute Gasteiger partial charge is 0.490 e. The van der Waals surface area contributed by atoms with Crippen molar-refractivity contribution in [2.24, 2.45) is 5.73 Å². The van der Waals surface area contributed by atoms with E-state index in [1.807, 2.05) is 37.4 Å². The number of amides is 1. The summed E-state index contributed by atoms with van der Waals surface area (Å²) >= 11 is 12.9. The fourth-order valence-electron chi connectivity index (χ4n) is 3.27. The maximum absolute atomic E-state index is 13.3. The standard InChI is InChI=1S/C25H31Cl2N3O6/c1-29-12-6-7-13-35-23-18(26)15-17(22(21(23)27)36-20(31)10-11-28)24(32)30-19(25(33)34-2)14-16-8-4-3-5-9-16/h3-5,8-9,15,19,29H,6-7,10-14,28H2,1-2H3,(H,30,32)/t19-/m0/s1. The minimum atomic E-state index is -1.02. The molecule has 2 rings (SSSR count). The lowest BCUT2D eigenvalue weighted by Crippen LogP contribution is -2.43. The maximum Gasteiger partial charge on any atom is 0.328 e. The Bertz CT molecular complexity index is 1040. The molecule has 4 N–H and O–H groups in total. The molecule has 0 saturated heterocycles. The molecule has 0 heterocycles. The number of methoxy groups -OCH3 is 1. The van der Waals surface area contributed by atoms with E-state index < -0.39 is 23.9 Å². The van der Waals surface area contributed by atoms with E-state index in [1.165, 1.54) is 13.2 Å². The van der Waals surface area contributed by atoms with E-state index in [0.717, 1.165) is 24.9 Å². The van der Waals surface area contributed by atoms with Crippen molar-refractivity contribution in [1.82, 2.24) is 10.6 Å². The van der Waals surface area contributed by atoms with E-state index in [9.17, 15) is 14.4 Å². The normalized spacial score (nSPS) is 11.5. The van der Waals surface area contributed by atoms with Crippen molar-refractivity contribution < 1.29 is 28.6 Å². The number of benzene rings is 2. The average molecular weight is 540 g/mol. The van der Waals surface area contributed by atoms with Crippen LogP contribution in [0.15, 0.2) is 36.4 Å². The zero-order valence-electron chi connectivity index (χ0n) is 20.3. The minimum Gasteiger partial charge on any atom is -0.490 e. The molecular weight excluding hydrogens is 509 g/mol.